The normalized spacial score (nSPS) is 13.1. The zero-order valence-corrected chi connectivity index (χ0v) is 23.5. The lowest BCUT2D eigenvalue weighted by atomic mass is 10.1. The SMILES string of the molecule is Cc1c(C)c2ccc(OP(=O)(O)CCC(NC(=O)OCc3ccccc3)C(=O)OCc3ccccc3)cc2oc1=O. The molecule has 41 heavy (non-hydrogen) atoms. The molecule has 10 nitrogen and oxygen atoms in total. The average Bonchev–Trinajstić information content (AvgIpc) is 2.96. The summed E-state index contributed by atoms with van der Waals surface area (Å²) in [5.41, 5.74) is 2.38. The van der Waals surface area contributed by atoms with E-state index in [2.05, 4.69) is 5.32 Å². The summed E-state index contributed by atoms with van der Waals surface area (Å²) in [5, 5.41) is 3.10. The highest BCUT2D eigenvalue weighted by Crippen LogP contribution is 2.44. The maximum absolute atomic E-state index is 13.0. The lowest BCUT2D eigenvalue weighted by Gasteiger charge is -2.20. The number of alkyl carbamates (subject to hydrolysis) is 1. The minimum absolute atomic E-state index is 0.00757. The van der Waals surface area contributed by atoms with Crippen molar-refractivity contribution in [1.82, 2.24) is 5.32 Å². The smallest absolute Gasteiger partial charge is 0.408 e. The van der Waals surface area contributed by atoms with E-state index >= 15 is 0 Å². The first-order valence-electron chi connectivity index (χ1n) is 12.8. The summed E-state index contributed by atoms with van der Waals surface area (Å²) in [6.45, 7) is 3.35. The highest BCUT2D eigenvalue weighted by atomic mass is 31.2. The number of carbonyl (C=O) groups is 2. The van der Waals surface area contributed by atoms with E-state index < -0.39 is 37.5 Å². The molecule has 2 atom stereocenters. The summed E-state index contributed by atoms with van der Waals surface area (Å²) >= 11 is 0. The zero-order valence-electron chi connectivity index (χ0n) is 22.6. The van der Waals surface area contributed by atoms with Crippen molar-refractivity contribution >= 4 is 30.6 Å². The van der Waals surface area contributed by atoms with Crippen LogP contribution in [0.4, 0.5) is 4.79 Å². The first kappa shape index (κ1) is 29.6. The number of rotatable bonds is 11. The molecular formula is C30H30NO9P. The van der Waals surface area contributed by atoms with Crippen LogP contribution in [-0.4, -0.2) is 29.2 Å². The molecule has 1 amide bonds. The quantitative estimate of drug-likeness (QED) is 0.136. The topological polar surface area (TPSA) is 141 Å². The molecule has 0 radical (unpaired) electrons. The molecule has 11 heteroatoms. The van der Waals surface area contributed by atoms with Crippen LogP contribution < -0.4 is 15.5 Å². The third-order valence-electron chi connectivity index (χ3n) is 6.39. The summed E-state index contributed by atoms with van der Waals surface area (Å²) in [7, 11) is -4.32. The molecule has 0 bridgehead atoms. The van der Waals surface area contributed by atoms with Gasteiger partial charge in [0, 0.05) is 17.0 Å². The van der Waals surface area contributed by atoms with Crippen LogP contribution in [0.3, 0.4) is 0 Å². The minimum Gasteiger partial charge on any atom is -0.459 e. The third-order valence-corrected chi connectivity index (χ3v) is 7.71. The number of fused-ring (bicyclic) bond motifs is 1. The predicted octanol–water partition coefficient (Wildman–Crippen LogP) is 5.40. The Kier molecular flexibility index (Phi) is 9.60. The summed E-state index contributed by atoms with van der Waals surface area (Å²) in [4.78, 5) is 48.0. The van der Waals surface area contributed by atoms with Gasteiger partial charge in [0.15, 0.2) is 0 Å². The van der Waals surface area contributed by atoms with Gasteiger partial charge in [-0.2, -0.15) is 0 Å². The Morgan fingerprint density at radius 2 is 1.51 bits per heavy atom. The Balaban J connectivity index is 1.42. The highest BCUT2D eigenvalue weighted by molar-refractivity contribution is 7.53. The van der Waals surface area contributed by atoms with Gasteiger partial charge in [-0.3, -0.25) is 0 Å². The fourth-order valence-corrected chi connectivity index (χ4v) is 5.09. The maximum Gasteiger partial charge on any atom is 0.408 e. The van der Waals surface area contributed by atoms with E-state index in [1.807, 2.05) is 12.1 Å². The molecule has 4 aromatic rings. The number of aryl methyl sites for hydroxylation is 1. The molecular weight excluding hydrogens is 549 g/mol. The molecule has 1 aromatic heterocycles. The number of carbonyl (C=O) groups excluding carboxylic acids is 2. The van der Waals surface area contributed by atoms with E-state index in [0.717, 1.165) is 16.7 Å². The van der Waals surface area contributed by atoms with Crippen LogP contribution in [0.5, 0.6) is 5.75 Å². The van der Waals surface area contributed by atoms with Gasteiger partial charge >= 0.3 is 25.3 Å². The van der Waals surface area contributed by atoms with Crippen molar-refractivity contribution in [2.75, 3.05) is 6.16 Å². The maximum atomic E-state index is 13.0. The molecule has 0 aliphatic carbocycles. The van der Waals surface area contributed by atoms with E-state index in [4.69, 9.17) is 18.4 Å². The Hall–Kier alpha value is -4.40. The molecule has 0 aliphatic rings. The van der Waals surface area contributed by atoms with Crippen molar-refractivity contribution in [2.45, 2.75) is 39.5 Å². The lowest BCUT2D eigenvalue weighted by molar-refractivity contribution is -0.147. The van der Waals surface area contributed by atoms with Gasteiger partial charge in [0.25, 0.3) is 0 Å². The molecule has 2 N–H and O–H groups in total. The van der Waals surface area contributed by atoms with Crippen molar-refractivity contribution in [2.24, 2.45) is 0 Å². The number of hydrogen-bond acceptors (Lipinski definition) is 8. The predicted molar refractivity (Wildman–Crippen MR) is 152 cm³/mol. The van der Waals surface area contributed by atoms with Crippen LogP contribution in [0.2, 0.25) is 0 Å². The molecule has 3 aromatic carbocycles. The van der Waals surface area contributed by atoms with Gasteiger partial charge in [0.05, 0.1) is 6.16 Å². The first-order chi connectivity index (χ1) is 19.6. The van der Waals surface area contributed by atoms with Gasteiger partial charge in [0.2, 0.25) is 0 Å². The van der Waals surface area contributed by atoms with Gasteiger partial charge in [-0.05, 0) is 49.1 Å². The molecule has 1 heterocycles. The number of benzene rings is 3. The zero-order chi connectivity index (χ0) is 29.4. The monoisotopic (exact) mass is 579 g/mol. The number of amides is 1. The molecule has 2 unspecified atom stereocenters. The standard InChI is InChI=1S/C30H30NO9P/c1-20-21(2)28(32)39-27-17-24(13-14-25(20)27)40-41(35,36)16-15-26(29(33)37-18-22-9-5-3-6-10-22)31-30(34)38-19-23-11-7-4-8-12-23/h3-14,17,26H,15-16,18-19H2,1-2H3,(H,31,34)(H,35,36). The van der Waals surface area contributed by atoms with E-state index in [0.29, 0.717) is 10.9 Å². The fraction of sp³-hybridized carbons (Fsp3) is 0.233. The third kappa shape index (κ3) is 8.30. The molecule has 0 aliphatic heterocycles. The van der Waals surface area contributed by atoms with Crippen molar-refractivity contribution in [3.63, 3.8) is 0 Å². The van der Waals surface area contributed by atoms with E-state index in [1.165, 1.54) is 12.1 Å². The first-order valence-corrected chi connectivity index (χ1v) is 14.6. The average molecular weight is 580 g/mol. The summed E-state index contributed by atoms with van der Waals surface area (Å²) < 4.78 is 34.2. The van der Waals surface area contributed by atoms with Crippen LogP contribution in [0.25, 0.3) is 11.0 Å². The van der Waals surface area contributed by atoms with Gasteiger partial charge in [-0.15, -0.1) is 0 Å². The Bertz CT molecular complexity index is 1620. The van der Waals surface area contributed by atoms with Crippen LogP contribution >= 0.6 is 7.60 Å². The lowest BCUT2D eigenvalue weighted by Crippen LogP contribution is -2.42. The molecule has 0 saturated heterocycles. The second-order valence-electron chi connectivity index (χ2n) is 9.39. The Labute approximate surface area is 236 Å². The summed E-state index contributed by atoms with van der Waals surface area (Å²) in [5.74, 6) is -0.794. The minimum atomic E-state index is -4.32. The molecule has 0 saturated carbocycles. The number of ether oxygens (including phenoxy) is 2. The Morgan fingerprint density at radius 1 is 0.902 bits per heavy atom. The van der Waals surface area contributed by atoms with Gasteiger partial charge < -0.3 is 28.6 Å². The number of nitrogens with one attached hydrogen (secondary N) is 1. The van der Waals surface area contributed by atoms with E-state index in [9.17, 15) is 23.8 Å². The van der Waals surface area contributed by atoms with Crippen LogP contribution in [0.15, 0.2) is 88.1 Å². The highest BCUT2D eigenvalue weighted by Gasteiger charge is 2.29. The number of esters is 1. The van der Waals surface area contributed by atoms with Gasteiger partial charge in [-0.1, -0.05) is 60.7 Å². The molecule has 0 spiro atoms. The van der Waals surface area contributed by atoms with Crippen LogP contribution in [0, 0.1) is 13.8 Å². The van der Waals surface area contributed by atoms with Crippen LogP contribution in [0.1, 0.15) is 28.7 Å². The van der Waals surface area contributed by atoms with Gasteiger partial charge in [0.1, 0.15) is 30.6 Å². The fourth-order valence-electron chi connectivity index (χ4n) is 3.97. The molecule has 0 fully saturated rings. The Morgan fingerprint density at radius 3 is 2.15 bits per heavy atom. The van der Waals surface area contributed by atoms with Crippen molar-refractivity contribution in [3.05, 3.63) is 112 Å². The van der Waals surface area contributed by atoms with E-state index in [-0.39, 0.29) is 31.0 Å². The number of hydrogen-bond donors (Lipinski definition) is 2. The van der Waals surface area contributed by atoms with Crippen LogP contribution in [-0.2, 0) is 32.0 Å². The molecule has 4 rings (SSSR count). The summed E-state index contributed by atoms with van der Waals surface area (Å²) in [6, 6.07) is 21.1. The second-order valence-corrected chi connectivity index (χ2v) is 11.3. The molecule has 214 valence electrons. The largest absolute Gasteiger partial charge is 0.459 e. The van der Waals surface area contributed by atoms with E-state index in [1.54, 1.807) is 68.4 Å². The second kappa shape index (κ2) is 13.3. The van der Waals surface area contributed by atoms with Gasteiger partial charge in [-0.25, -0.2) is 18.9 Å². The van der Waals surface area contributed by atoms with Crippen molar-refractivity contribution < 1.29 is 37.5 Å². The summed E-state index contributed by atoms with van der Waals surface area (Å²) in [6.07, 6.45) is -1.66. The van der Waals surface area contributed by atoms with Crippen molar-refractivity contribution in [3.8, 4) is 5.75 Å². The van der Waals surface area contributed by atoms with Crippen molar-refractivity contribution in [1.29, 1.82) is 0 Å².